The second-order valence-corrected chi connectivity index (χ2v) is 22.4. The van der Waals surface area contributed by atoms with Crippen LogP contribution < -0.4 is 5.32 Å². The van der Waals surface area contributed by atoms with E-state index in [-0.39, 0.29) is 18.5 Å². The van der Waals surface area contributed by atoms with E-state index in [4.69, 9.17) is 4.74 Å². The van der Waals surface area contributed by atoms with Gasteiger partial charge in [-0.25, -0.2) is 0 Å². The molecule has 0 saturated heterocycles. The molecule has 2 unspecified atom stereocenters. The Morgan fingerprint density at radius 1 is 0.378 bits per heavy atom. The van der Waals surface area contributed by atoms with E-state index in [2.05, 4.69) is 55.6 Å². The number of hydrogen-bond donors (Lipinski definition) is 3. The van der Waals surface area contributed by atoms with Gasteiger partial charge in [0.2, 0.25) is 5.91 Å². The van der Waals surface area contributed by atoms with Crippen molar-refractivity contribution in [2.45, 2.75) is 360 Å². The van der Waals surface area contributed by atoms with E-state index in [1.165, 1.54) is 263 Å². The topological polar surface area (TPSA) is 95.9 Å². The molecule has 434 valence electrons. The Morgan fingerprint density at radius 3 is 1.05 bits per heavy atom. The van der Waals surface area contributed by atoms with Gasteiger partial charge in [-0.15, -0.1) is 0 Å². The fourth-order valence-electron chi connectivity index (χ4n) is 10.0. The summed E-state index contributed by atoms with van der Waals surface area (Å²) in [5.41, 5.74) is 0. The highest BCUT2D eigenvalue weighted by Crippen LogP contribution is 2.17. The smallest absolute Gasteiger partial charge is 0.305 e. The maximum Gasteiger partial charge on any atom is 0.305 e. The summed E-state index contributed by atoms with van der Waals surface area (Å²) in [4.78, 5) is 24.6. The van der Waals surface area contributed by atoms with E-state index in [9.17, 15) is 19.8 Å². The molecule has 0 radical (unpaired) electrons. The van der Waals surface area contributed by atoms with Gasteiger partial charge in [0.25, 0.3) is 0 Å². The Balaban J connectivity index is 3.44. The lowest BCUT2D eigenvalue weighted by Gasteiger charge is -2.20. The van der Waals surface area contributed by atoms with E-state index in [1.807, 2.05) is 6.08 Å². The van der Waals surface area contributed by atoms with E-state index >= 15 is 0 Å². The van der Waals surface area contributed by atoms with Crippen molar-refractivity contribution in [2.75, 3.05) is 13.2 Å². The highest BCUT2D eigenvalue weighted by Gasteiger charge is 2.18. The Labute approximate surface area is 461 Å². The number of ether oxygens (including phenoxy) is 1. The van der Waals surface area contributed by atoms with Crippen molar-refractivity contribution in [1.29, 1.82) is 0 Å². The van der Waals surface area contributed by atoms with Crippen LogP contribution in [0.3, 0.4) is 0 Å². The standard InChI is InChI=1S/C68H127NO5/c1-3-5-7-9-11-13-15-17-19-21-30-34-38-42-46-50-54-58-62-68(73)74-63-59-55-51-47-43-39-35-31-27-25-23-22-24-26-29-33-37-41-45-49-53-57-61-67(72)69-65(64-70)66(71)60-56-52-48-44-40-36-32-28-20-18-16-14-12-10-8-6-4-2/h13,15,19,21,24,26,56,60,65-66,70-71H,3-12,14,16-18,20,22-23,25,27-55,57-59,61-64H2,1-2H3,(H,69,72)/b15-13-,21-19-,26-24-,60-56+. The van der Waals surface area contributed by atoms with E-state index < -0.39 is 12.1 Å². The van der Waals surface area contributed by atoms with Crippen LogP contribution in [0.15, 0.2) is 48.6 Å². The minimum atomic E-state index is -0.850. The van der Waals surface area contributed by atoms with Gasteiger partial charge in [0.1, 0.15) is 0 Å². The minimum Gasteiger partial charge on any atom is -0.466 e. The van der Waals surface area contributed by atoms with Gasteiger partial charge in [-0.3, -0.25) is 9.59 Å². The molecule has 0 spiro atoms. The Kier molecular flexibility index (Phi) is 61.5. The number of aliphatic hydroxyl groups is 2. The van der Waals surface area contributed by atoms with Crippen molar-refractivity contribution in [3.05, 3.63) is 48.6 Å². The van der Waals surface area contributed by atoms with Gasteiger partial charge in [-0.05, 0) is 89.9 Å². The summed E-state index contributed by atoms with van der Waals surface area (Å²) in [6.07, 6.45) is 81.6. The first-order chi connectivity index (χ1) is 36.5. The molecule has 6 nitrogen and oxygen atoms in total. The molecule has 0 fully saturated rings. The zero-order chi connectivity index (χ0) is 53.6. The largest absolute Gasteiger partial charge is 0.466 e. The molecule has 0 rings (SSSR count). The molecule has 74 heavy (non-hydrogen) atoms. The molecule has 0 bridgehead atoms. The summed E-state index contributed by atoms with van der Waals surface area (Å²) in [5.74, 6) is -0.0716. The fourth-order valence-corrected chi connectivity index (χ4v) is 10.0. The maximum absolute atomic E-state index is 12.5. The van der Waals surface area contributed by atoms with Crippen LogP contribution in [0.25, 0.3) is 0 Å². The fraction of sp³-hybridized carbons (Fsp3) is 0.853. The van der Waals surface area contributed by atoms with Crippen LogP contribution in [-0.4, -0.2) is 47.4 Å². The van der Waals surface area contributed by atoms with Crippen LogP contribution in [-0.2, 0) is 14.3 Å². The zero-order valence-electron chi connectivity index (χ0n) is 49.6. The minimum absolute atomic E-state index is 0.00203. The number of carbonyl (C=O) groups excluding carboxylic acids is 2. The molecule has 6 heteroatoms. The predicted octanol–water partition coefficient (Wildman–Crippen LogP) is 20.9. The highest BCUT2D eigenvalue weighted by atomic mass is 16.5. The van der Waals surface area contributed by atoms with Gasteiger partial charge in [0.05, 0.1) is 25.4 Å². The molecule has 1 amide bonds. The normalized spacial score (nSPS) is 12.9. The molecule has 0 aliphatic carbocycles. The molecule has 0 aliphatic rings. The first-order valence-corrected chi connectivity index (χ1v) is 32.9. The molecule has 0 aliphatic heterocycles. The first kappa shape index (κ1) is 71.8. The van der Waals surface area contributed by atoms with Crippen LogP contribution in [0.2, 0.25) is 0 Å². The molecule has 0 heterocycles. The van der Waals surface area contributed by atoms with Crippen LogP contribution in [0.4, 0.5) is 0 Å². The average Bonchev–Trinajstić information content (AvgIpc) is 3.40. The molecule has 2 atom stereocenters. The third kappa shape index (κ3) is 59.1. The second kappa shape index (κ2) is 63.4. The molecule has 0 aromatic carbocycles. The number of hydrogen-bond acceptors (Lipinski definition) is 5. The number of allylic oxidation sites excluding steroid dienone is 7. The second-order valence-electron chi connectivity index (χ2n) is 22.4. The number of esters is 1. The molecule has 3 N–H and O–H groups in total. The van der Waals surface area contributed by atoms with Crippen molar-refractivity contribution < 1.29 is 24.5 Å². The van der Waals surface area contributed by atoms with Crippen molar-refractivity contribution in [3.8, 4) is 0 Å². The lowest BCUT2D eigenvalue weighted by molar-refractivity contribution is -0.143. The molecule has 0 aromatic heterocycles. The van der Waals surface area contributed by atoms with E-state index in [0.717, 1.165) is 57.8 Å². The van der Waals surface area contributed by atoms with Crippen LogP contribution in [0.5, 0.6) is 0 Å². The quantitative estimate of drug-likeness (QED) is 0.0320. The van der Waals surface area contributed by atoms with Crippen LogP contribution >= 0.6 is 0 Å². The van der Waals surface area contributed by atoms with Gasteiger partial charge in [0, 0.05) is 12.8 Å². The van der Waals surface area contributed by atoms with Gasteiger partial charge in [0.15, 0.2) is 0 Å². The number of amides is 1. The van der Waals surface area contributed by atoms with Crippen LogP contribution in [0, 0.1) is 0 Å². The zero-order valence-corrected chi connectivity index (χ0v) is 49.6. The first-order valence-electron chi connectivity index (χ1n) is 32.9. The number of aliphatic hydroxyl groups excluding tert-OH is 2. The third-order valence-corrected chi connectivity index (χ3v) is 15.1. The highest BCUT2D eigenvalue weighted by molar-refractivity contribution is 5.76. The lowest BCUT2D eigenvalue weighted by atomic mass is 10.0. The number of rotatable bonds is 61. The van der Waals surface area contributed by atoms with Gasteiger partial charge in [-0.1, -0.05) is 294 Å². The summed E-state index contributed by atoms with van der Waals surface area (Å²) in [6.45, 7) is 4.90. The molecule has 0 aromatic rings. The number of nitrogens with one attached hydrogen (secondary N) is 1. The van der Waals surface area contributed by atoms with Crippen molar-refractivity contribution in [3.63, 3.8) is 0 Å². The molecular formula is C68H127NO5. The average molecular weight is 1040 g/mol. The van der Waals surface area contributed by atoms with E-state index in [0.29, 0.717) is 19.4 Å². The lowest BCUT2D eigenvalue weighted by Crippen LogP contribution is -2.45. The molecular weight excluding hydrogens is 911 g/mol. The van der Waals surface area contributed by atoms with Crippen molar-refractivity contribution >= 4 is 11.9 Å². The summed E-state index contributed by atoms with van der Waals surface area (Å²) in [7, 11) is 0. The monoisotopic (exact) mass is 1040 g/mol. The van der Waals surface area contributed by atoms with Crippen molar-refractivity contribution in [2.24, 2.45) is 0 Å². The van der Waals surface area contributed by atoms with Gasteiger partial charge < -0.3 is 20.3 Å². The Morgan fingerprint density at radius 2 is 0.676 bits per heavy atom. The molecule has 0 saturated carbocycles. The summed E-state index contributed by atoms with van der Waals surface area (Å²) >= 11 is 0. The third-order valence-electron chi connectivity index (χ3n) is 15.1. The summed E-state index contributed by atoms with van der Waals surface area (Å²) in [5, 5.41) is 23.2. The summed E-state index contributed by atoms with van der Waals surface area (Å²) in [6, 6.07) is -0.634. The summed E-state index contributed by atoms with van der Waals surface area (Å²) < 4.78 is 5.49. The van der Waals surface area contributed by atoms with Gasteiger partial charge in [-0.2, -0.15) is 0 Å². The number of carbonyl (C=O) groups is 2. The number of unbranched alkanes of at least 4 members (excludes halogenated alkanes) is 44. The Bertz CT molecular complexity index is 1240. The van der Waals surface area contributed by atoms with E-state index in [1.54, 1.807) is 6.08 Å². The SMILES string of the molecule is CCCCCC/C=C\C/C=C\CCCCCCCCCC(=O)OCCCCCCCCCCCCC/C=C\CCCCCCCCCC(=O)NC(CO)C(O)/C=C/CCCCCCCCCCCCCCCCC. The van der Waals surface area contributed by atoms with Crippen molar-refractivity contribution in [1.82, 2.24) is 5.32 Å². The predicted molar refractivity (Wildman–Crippen MR) is 324 cm³/mol. The maximum atomic E-state index is 12.5. The van der Waals surface area contributed by atoms with Gasteiger partial charge >= 0.3 is 5.97 Å². The Hall–Kier alpha value is -2.18. The van der Waals surface area contributed by atoms with Crippen LogP contribution in [0.1, 0.15) is 348 Å².